The number of hydrogen-bond donors (Lipinski definition) is 4. The Hall–Kier alpha value is -2.32. The Morgan fingerprint density at radius 2 is 1.87 bits per heavy atom. The van der Waals surface area contributed by atoms with Crippen molar-refractivity contribution in [1.82, 2.24) is 10.9 Å². The van der Waals surface area contributed by atoms with Crippen molar-refractivity contribution >= 4 is 44.9 Å². The lowest BCUT2D eigenvalue weighted by Gasteiger charge is -2.12. The number of phenolic OH excluding ortho intramolecular Hbond substituents is 1. The summed E-state index contributed by atoms with van der Waals surface area (Å²) >= 11 is 8.44. The molecule has 6 nitrogen and oxygen atoms in total. The fourth-order valence-corrected chi connectivity index (χ4v) is 2.13. The van der Waals surface area contributed by atoms with Gasteiger partial charge in [0.2, 0.25) is 0 Å². The van der Waals surface area contributed by atoms with E-state index >= 15 is 0 Å². The second-order valence-electron chi connectivity index (χ2n) is 4.43. The molecule has 0 fully saturated rings. The zero-order valence-electron chi connectivity index (χ0n) is 12.1. The predicted molar refractivity (Wildman–Crippen MR) is 95.6 cm³/mol. The minimum Gasteiger partial charge on any atom is -0.504 e. The normalized spacial score (nSPS) is 9.83. The highest BCUT2D eigenvalue weighted by atomic mass is 79.9. The van der Waals surface area contributed by atoms with Gasteiger partial charge in [-0.3, -0.25) is 15.6 Å². The smallest absolute Gasteiger partial charge is 0.269 e. The van der Waals surface area contributed by atoms with Crippen LogP contribution in [-0.2, 0) is 0 Å². The van der Waals surface area contributed by atoms with Gasteiger partial charge in [-0.05, 0) is 54.7 Å². The van der Waals surface area contributed by atoms with Gasteiger partial charge in [-0.25, -0.2) is 0 Å². The lowest BCUT2D eigenvalue weighted by Crippen LogP contribution is -2.43. The molecule has 0 aromatic heterocycles. The molecule has 120 valence electrons. The molecule has 0 aliphatic heterocycles. The summed E-state index contributed by atoms with van der Waals surface area (Å²) in [5.74, 6) is -0.235. The maximum Gasteiger partial charge on any atom is 0.269 e. The Labute approximate surface area is 146 Å². The van der Waals surface area contributed by atoms with Crippen LogP contribution in [0.3, 0.4) is 0 Å². The number of carbonyl (C=O) groups is 1. The lowest BCUT2D eigenvalue weighted by atomic mass is 10.2. The first kappa shape index (κ1) is 17.0. The summed E-state index contributed by atoms with van der Waals surface area (Å²) in [7, 11) is 1.41. The fraction of sp³-hybridized carbons (Fsp3) is 0.0667. The topological polar surface area (TPSA) is 82.6 Å². The number of carbonyl (C=O) groups excluding carboxylic acids is 1. The summed E-state index contributed by atoms with van der Waals surface area (Å²) < 4.78 is 5.91. The SMILES string of the molecule is COc1cc(C(=O)NNC(=S)Nc2ccc(Br)cc2)ccc1O. The fourth-order valence-electron chi connectivity index (χ4n) is 1.70. The molecule has 0 aliphatic carbocycles. The lowest BCUT2D eigenvalue weighted by molar-refractivity contribution is 0.0944. The molecular weight excluding hydrogens is 382 g/mol. The molecule has 0 saturated carbocycles. The number of phenols is 1. The van der Waals surface area contributed by atoms with E-state index in [4.69, 9.17) is 17.0 Å². The van der Waals surface area contributed by atoms with Crippen molar-refractivity contribution in [2.24, 2.45) is 0 Å². The summed E-state index contributed by atoms with van der Waals surface area (Å²) in [6, 6.07) is 11.7. The van der Waals surface area contributed by atoms with Crippen LogP contribution in [0.1, 0.15) is 10.4 Å². The molecule has 4 N–H and O–H groups in total. The predicted octanol–water partition coefficient (Wildman–Crippen LogP) is 2.79. The Bertz CT molecular complexity index is 722. The number of thiocarbonyl (C=S) groups is 1. The molecule has 0 unspecified atom stereocenters. The highest BCUT2D eigenvalue weighted by Crippen LogP contribution is 2.26. The molecule has 2 aromatic carbocycles. The van der Waals surface area contributed by atoms with Gasteiger partial charge in [0.25, 0.3) is 5.91 Å². The van der Waals surface area contributed by atoms with Crippen LogP contribution in [0.25, 0.3) is 0 Å². The minimum absolute atomic E-state index is 0.0376. The average molecular weight is 396 g/mol. The number of rotatable bonds is 3. The molecule has 0 spiro atoms. The van der Waals surface area contributed by atoms with Crippen LogP contribution in [0.15, 0.2) is 46.9 Å². The number of halogens is 1. The van der Waals surface area contributed by atoms with Crippen molar-refractivity contribution in [1.29, 1.82) is 0 Å². The van der Waals surface area contributed by atoms with Gasteiger partial charge in [0.05, 0.1) is 7.11 Å². The van der Waals surface area contributed by atoms with Crippen LogP contribution in [0.4, 0.5) is 5.69 Å². The van der Waals surface area contributed by atoms with Crippen LogP contribution in [-0.4, -0.2) is 23.2 Å². The zero-order chi connectivity index (χ0) is 16.8. The van der Waals surface area contributed by atoms with Gasteiger partial charge in [-0.15, -0.1) is 0 Å². The number of anilines is 1. The number of nitrogens with one attached hydrogen (secondary N) is 3. The maximum absolute atomic E-state index is 12.0. The van der Waals surface area contributed by atoms with Gasteiger partial charge in [-0.1, -0.05) is 15.9 Å². The van der Waals surface area contributed by atoms with Crippen LogP contribution >= 0.6 is 28.1 Å². The van der Waals surface area contributed by atoms with E-state index in [2.05, 4.69) is 32.1 Å². The summed E-state index contributed by atoms with van der Waals surface area (Å²) in [4.78, 5) is 12.0. The number of methoxy groups -OCH3 is 1. The van der Waals surface area contributed by atoms with E-state index in [1.165, 1.54) is 25.3 Å². The number of benzene rings is 2. The van der Waals surface area contributed by atoms with Crippen LogP contribution in [0.5, 0.6) is 11.5 Å². The van der Waals surface area contributed by atoms with Crippen molar-refractivity contribution < 1.29 is 14.6 Å². The molecule has 0 bridgehead atoms. The molecule has 0 radical (unpaired) electrons. The standard InChI is InChI=1S/C15H14BrN3O3S/c1-22-13-8-9(2-7-12(13)20)14(21)18-19-15(23)17-11-5-3-10(16)4-6-11/h2-8,20H,1H3,(H,18,21)(H2,17,19,23). The van der Waals surface area contributed by atoms with Crippen LogP contribution in [0, 0.1) is 0 Å². The number of amides is 1. The molecular formula is C15H14BrN3O3S. The quantitative estimate of drug-likeness (QED) is 0.472. The van der Waals surface area contributed by atoms with Gasteiger partial charge in [0.15, 0.2) is 16.6 Å². The van der Waals surface area contributed by atoms with Gasteiger partial charge in [0, 0.05) is 15.7 Å². The Kier molecular flexibility index (Phi) is 5.78. The Morgan fingerprint density at radius 1 is 1.17 bits per heavy atom. The van der Waals surface area contributed by atoms with E-state index in [-0.39, 0.29) is 16.6 Å². The second-order valence-corrected chi connectivity index (χ2v) is 5.75. The van der Waals surface area contributed by atoms with E-state index in [9.17, 15) is 9.90 Å². The van der Waals surface area contributed by atoms with Crippen LogP contribution < -0.4 is 20.9 Å². The first-order chi connectivity index (χ1) is 11.0. The van der Waals surface area contributed by atoms with Gasteiger partial charge >= 0.3 is 0 Å². The number of hydrogen-bond acceptors (Lipinski definition) is 4. The third-order valence-electron chi connectivity index (χ3n) is 2.83. The first-order valence-corrected chi connectivity index (χ1v) is 7.69. The van der Waals surface area contributed by atoms with E-state index in [0.29, 0.717) is 5.56 Å². The molecule has 1 amide bonds. The molecule has 0 saturated heterocycles. The number of ether oxygens (including phenoxy) is 1. The molecule has 0 heterocycles. The number of hydrazine groups is 1. The molecule has 2 aromatic rings. The summed E-state index contributed by atoms with van der Waals surface area (Å²) in [5.41, 5.74) is 6.17. The average Bonchev–Trinajstić information content (AvgIpc) is 2.55. The van der Waals surface area contributed by atoms with E-state index in [1.807, 2.05) is 24.3 Å². The minimum atomic E-state index is -0.414. The molecule has 8 heteroatoms. The first-order valence-electron chi connectivity index (χ1n) is 6.49. The van der Waals surface area contributed by atoms with E-state index in [0.717, 1.165) is 10.2 Å². The van der Waals surface area contributed by atoms with E-state index < -0.39 is 5.91 Å². The Morgan fingerprint density at radius 3 is 2.52 bits per heavy atom. The molecule has 0 atom stereocenters. The summed E-state index contributed by atoms with van der Waals surface area (Å²) in [6.07, 6.45) is 0. The van der Waals surface area contributed by atoms with Gasteiger partial charge in [-0.2, -0.15) is 0 Å². The van der Waals surface area contributed by atoms with Crippen molar-refractivity contribution in [3.8, 4) is 11.5 Å². The second kappa shape index (κ2) is 7.80. The van der Waals surface area contributed by atoms with Gasteiger partial charge < -0.3 is 15.2 Å². The molecule has 23 heavy (non-hydrogen) atoms. The monoisotopic (exact) mass is 395 g/mol. The summed E-state index contributed by atoms with van der Waals surface area (Å²) in [5, 5.41) is 12.7. The van der Waals surface area contributed by atoms with Gasteiger partial charge in [0.1, 0.15) is 0 Å². The molecule has 2 rings (SSSR count). The van der Waals surface area contributed by atoms with Crippen molar-refractivity contribution in [2.75, 3.05) is 12.4 Å². The van der Waals surface area contributed by atoms with Crippen LogP contribution in [0.2, 0.25) is 0 Å². The highest BCUT2D eigenvalue weighted by Gasteiger charge is 2.10. The van der Waals surface area contributed by atoms with Crippen molar-refractivity contribution in [3.05, 3.63) is 52.5 Å². The molecule has 0 aliphatic rings. The largest absolute Gasteiger partial charge is 0.504 e. The van der Waals surface area contributed by atoms with Crippen molar-refractivity contribution in [2.45, 2.75) is 0 Å². The summed E-state index contributed by atoms with van der Waals surface area (Å²) in [6.45, 7) is 0. The third kappa shape index (κ3) is 4.83. The number of aromatic hydroxyl groups is 1. The highest BCUT2D eigenvalue weighted by molar-refractivity contribution is 9.10. The zero-order valence-corrected chi connectivity index (χ0v) is 14.5. The van der Waals surface area contributed by atoms with E-state index in [1.54, 1.807) is 0 Å². The maximum atomic E-state index is 12.0. The third-order valence-corrected chi connectivity index (χ3v) is 3.57. The Balaban J connectivity index is 1.91. The van der Waals surface area contributed by atoms with Crippen molar-refractivity contribution in [3.63, 3.8) is 0 Å².